The normalized spacial score (nSPS) is 18.2. The molecule has 0 saturated carbocycles. The summed E-state index contributed by atoms with van der Waals surface area (Å²) < 4.78 is 54.5. The zero-order chi connectivity index (χ0) is 28.0. The maximum absolute atomic E-state index is 13.1. The zero-order valence-electron chi connectivity index (χ0n) is 20.8. The first-order chi connectivity index (χ1) is 18.6. The Balaban J connectivity index is 0.000000448. The highest BCUT2D eigenvalue weighted by molar-refractivity contribution is 5.95. The third kappa shape index (κ3) is 7.19. The lowest BCUT2D eigenvalue weighted by Gasteiger charge is -2.25. The molecule has 208 valence electrons. The molecule has 2 aliphatic rings. The molecule has 13 heteroatoms. The van der Waals surface area contributed by atoms with E-state index in [0.29, 0.717) is 37.7 Å². The number of carboxylic acids is 1. The molecule has 1 aromatic heterocycles. The number of aromatic amines is 1. The van der Waals surface area contributed by atoms with Crippen LogP contribution in [0.4, 0.5) is 18.9 Å². The van der Waals surface area contributed by atoms with E-state index in [1.807, 2.05) is 42.6 Å². The number of carboxylic acid groups (broad SMARTS) is 1. The van der Waals surface area contributed by atoms with Crippen LogP contribution in [-0.4, -0.2) is 66.4 Å². The van der Waals surface area contributed by atoms with Gasteiger partial charge in [-0.25, -0.2) is 4.79 Å². The minimum atomic E-state index is -5.08. The molecule has 3 aromatic rings. The number of aromatic nitrogens is 2. The number of nitrogens with zero attached hydrogens (tertiary/aromatic N) is 1. The third-order valence-corrected chi connectivity index (χ3v) is 6.04. The molecule has 3 heterocycles. The lowest BCUT2D eigenvalue weighted by atomic mass is 9.95. The first kappa shape index (κ1) is 27.8. The Kier molecular flexibility index (Phi) is 8.59. The second-order valence-electron chi connectivity index (χ2n) is 8.78. The van der Waals surface area contributed by atoms with Gasteiger partial charge in [0.2, 0.25) is 5.91 Å². The molecule has 1 unspecified atom stereocenters. The minimum absolute atomic E-state index is 0.0393. The molecule has 1 fully saturated rings. The van der Waals surface area contributed by atoms with E-state index < -0.39 is 12.1 Å². The summed E-state index contributed by atoms with van der Waals surface area (Å²) in [6.45, 7) is 1.54. The number of H-pyrrole nitrogens is 1. The molecule has 0 radical (unpaired) electrons. The number of fused-ring (bicyclic) bond motifs is 1. The Hall–Kier alpha value is -4.26. The number of nitrogens with one attached hydrogen (secondary N) is 2. The van der Waals surface area contributed by atoms with Gasteiger partial charge in [-0.1, -0.05) is 6.07 Å². The monoisotopic (exact) mass is 549 g/mol. The molecule has 10 nitrogen and oxygen atoms in total. The van der Waals surface area contributed by atoms with Gasteiger partial charge >= 0.3 is 12.1 Å². The number of alkyl halides is 3. The number of halogens is 3. The Labute approximate surface area is 221 Å². The van der Waals surface area contributed by atoms with Gasteiger partial charge in [-0.15, -0.1) is 0 Å². The Morgan fingerprint density at radius 2 is 1.95 bits per heavy atom. The molecule has 0 aliphatic carbocycles. The smallest absolute Gasteiger partial charge is 0.490 e. The van der Waals surface area contributed by atoms with Gasteiger partial charge in [0.05, 0.1) is 38.1 Å². The SMILES string of the molecule is COc1ccc2c(c1)CC(C(=O)Nc1ccc(-c3cn[nH]c3)cc1O[C@H]1CCOC1)CO2.O=C(O)C(F)(F)F. The number of carbonyl (C=O) groups excluding carboxylic acids is 1. The van der Waals surface area contributed by atoms with E-state index in [-0.39, 0.29) is 17.9 Å². The first-order valence-electron chi connectivity index (χ1n) is 11.9. The number of amides is 1. The highest BCUT2D eigenvalue weighted by atomic mass is 19.4. The summed E-state index contributed by atoms with van der Waals surface area (Å²) in [4.78, 5) is 22.0. The van der Waals surface area contributed by atoms with Gasteiger partial charge in [0.15, 0.2) is 0 Å². The van der Waals surface area contributed by atoms with Crippen LogP contribution in [0.25, 0.3) is 11.1 Å². The van der Waals surface area contributed by atoms with Gasteiger partial charge in [0.25, 0.3) is 0 Å². The van der Waals surface area contributed by atoms with E-state index >= 15 is 0 Å². The maximum Gasteiger partial charge on any atom is 0.490 e. The summed E-state index contributed by atoms with van der Waals surface area (Å²) in [5, 5.41) is 17.0. The summed E-state index contributed by atoms with van der Waals surface area (Å²) in [7, 11) is 1.62. The molecule has 0 bridgehead atoms. The maximum atomic E-state index is 13.1. The molecule has 1 saturated heterocycles. The summed E-state index contributed by atoms with van der Waals surface area (Å²) in [5.74, 6) is -1.02. The van der Waals surface area contributed by atoms with Crippen molar-refractivity contribution < 1.29 is 46.8 Å². The predicted octanol–water partition coefficient (Wildman–Crippen LogP) is 4.08. The van der Waals surface area contributed by atoms with Crippen LogP contribution in [-0.2, 0) is 20.7 Å². The van der Waals surface area contributed by atoms with Gasteiger partial charge in [-0.2, -0.15) is 18.3 Å². The van der Waals surface area contributed by atoms with Gasteiger partial charge in [0.1, 0.15) is 30.0 Å². The average molecular weight is 550 g/mol. The Bertz CT molecular complexity index is 1290. The number of hydrogen-bond acceptors (Lipinski definition) is 7. The molecule has 2 aliphatic heterocycles. The largest absolute Gasteiger partial charge is 0.497 e. The van der Waals surface area contributed by atoms with Crippen LogP contribution in [0.1, 0.15) is 12.0 Å². The van der Waals surface area contributed by atoms with Crippen molar-refractivity contribution in [1.82, 2.24) is 10.2 Å². The van der Waals surface area contributed by atoms with Crippen LogP contribution in [0.3, 0.4) is 0 Å². The number of anilines is 1. The Morgan fingerprint density at radius 3 is 2.59 bits per heavy atom. The second-order valence-corrected chi connectivity index (χ2v) is 8.78. The van der Waals surface area contributed by atoms with Crippen molar-refractivity contribution in [3.8, 4) is 28.4 Å². The zero-order valence-corrected chi connectivity index (χ0v) is 20.8. The van der Waals surface area contributed by atoms with E-state index in [1.165, 1.54) is 0 Å². The van der Waals surface area contributed by atoms with Crippen LogP contribution in [0.2, 0.25) is 0 Å². The van der Waals surface area contributed by atoms with Crippen molar-refractivity contribution in [1.29, 1.82) is 0 Å². The second kappa shape index (κ2) is 12.1. The number of hydrogen-bond donors (Lipinski definition) is 3. The molecule has 2 aromatic carbocycles. The van der Waals surface area contributed by atoms with E-state index in [2.05, 4.69) is 15.5 Å². The number of aliphatic carboxylic acids is 1. The van der Waals surface area contributed by atoms with Crippen molar-refractivity contribution in [3.05, 3.63) is 54.4 Å². The fourth-order valence-electron chi connectivity index (χ4n) is 4.00. The molecular formula is C26H26F3N3O7. The summed E-state index contributed by atoms with van der Waals surface area (Å²) in [5.41, 5.74) is 3.49. The molecule has 2 atom stereocenters. The van der Waals surface area contributed by atoms with E-state index in [4.69, 9.17) is 28.8 Å². The molecular weight excluding hydrogens is 523 g/mol. The van der Waals surface area contributed by atoms with Gasteiger partial charge in [0, 0.05) is 18.2 Å². The number of benzene rings is 2. The van der Waals surface area contributed by atoms with Gasteiger partial charge < -0.3 is 29.4 Å². The third-order valence-electron chi connectivity index (χ3n) is 6.04. The summed E-state index contributed by atoms with van der Waals surface area (Å²) in [6.07, 6.45) is -0.152. The standard InChI is InChI=1S/C24H25N3O5.C2HF3O2/c1-29-19-3-5-22-16(9-19)8-17(13-31-22)24(28)27-21-4-2-15(18-11-25-26-12-18)10-23(21)32-20-6-7-30-14-20;3-2(4,5)1(6)7/h2-5,9-12,17,20H,6-8,13-14H2,1H3,(H,25,26)(H,27,28);(H,6,7)/t17?,20-;/m0./s1. The minimum Gasteiger partial charge on any atom is -0.497 e. The topological polar surface area (TPSA) is 132 Å². The lowest BCUT2D eigenvalue weighted by molar-refractivity contribution is -0.192. The highest BCUT2D eigenvalue weighted by Gasteiger charge is 2.38. The lowest BCUT2D eigenvalue weighted by Crippen LogP contribution is -2.32. The molecule has 1 amide bonds. The molecule has 39 heavy (non-hydrogen) atoms. The first-order valence-corrected chi connectivity index (χ1v) is 11.9. The number of ether oxygens (including phenoxy) is 4. The van der Waals surface area contributed by atoms with Crippen molar-refractivity contribution in [2.24, 2.45) is 5.92 Å². The van der Waals surface area contributed by atoms with Gasteiger partial charge in [-0.3, -0.25) is 9.89 Å². The number of methoxy groups -OCH3 is 1. The fourth-order valence-corrected chi connectivity index (χ4v) is 4.00. The van der Waals surface area contributed by atoms with E-state index in [9.17, 15) is 18.0 Å². The van der Waals surface area contributed by atoms with Crippen molar-refractivity contribution in [2.45, 2.75) is 25.1 Å². The quantitative estimate of drug-likeness (QED) is 0.419. The number of carbonyl (C=O) groups is 2. The van der Waals surface area contributed by atoms with Crippen LogP contribution < -0.4 is 19.5 Å². The van der Waals surface area contributed by atoms with Gasteiger partial charge in [-0.05, 0) is 47.9 Å². The van der Waals surface area contributed by atoms with Crippen LogP contribution in [0.15, 0.2) is 48.8 Å². The summed E-state index contributed by atoms with van der Waals surface area (Å²) in [6, 6.07) is 11.4. The highest BCUT2D eigenvalue weighted by Crippen LogP contribution is 2.34. The van der Waals surface area contributed by atoms with Crippen LogP contribution >= 0.6 is 0 Å². The number of rotatable bonds is 6. The average Bonchev–Trinajstić information content (AvgIpc) is 3.64. The molecule has 0 spiro atoms. The van der Waals surface area contributed by atoms with Crippen LogP contribution in [0.5, 0.6) is 17.2 Å². The van der Waals surface area contributed by atoms with Crippen molar-refractivity contribution >= 4 is 17.6 Å². The van der Waals surface area contributed by atoms with Crippen molar-refractivity contribution in [3.63, 3.8) is 0 Å². The Morgan fingerprint density at radius 1 is 1.15 bits per heavy atom. The fraction of sp³-hybridized carbons (Fsp3) is 0.346. The molecule has 5 rings (SSSR count). The van der Waals surface area contributed by atoms with E-state index in [0.717, 1.165) is 34.6 Å². The predicted molar refractivity (Wildman–Crippen MR) is 132 cm³/mol. The van der Waals surface area contributed by atoms with Crippen LogP contribution in [0, 0.1) is 5.92 Å². The molecule has 3 N–H and O–H groups in total. The van der Waals surface area contributed by atoms with Crippen molar-refractivity contribution in [2.75, 3.05) is 32.2 Å². The summed E-state index contributed by atoms with van der Waals surface area (Å²) >= 11 is 0. The van der Waals surface area contributed by atoms with E-state index in [1.54, 1.807) is 13.3 Å².